The van der Waals surface area contributed by atoms with Crippen molar-refractivity contribution >= 4 is 47.5 Å². The number of carbonyl (C=O) groups excluding carboxylic acids is 1. The number of halogens is 1. The summed E-state index contributed by atoms with van der Waals surface area (Å²) in [5, 5.41) is 11.1. The second kappa shape index (κ2) is 10.7. The Hall–Kier alpha value is -1.22. The molecule has 0 fully saturated rings. The van der Waals surface area contributed by atoms with Gasteiger partial charge in [0.05, 0.1) is 11.8 Å². The molecule has 2 rings (SSSR count). The molecule has 3 N–H and O–H groups in total. The third kappa shape index (κ3) is 6.89. The lowest BCUT2D eigenvalue weighted by Gasteiger charge is -2.08. The van der Waals surface area contributed by atoms with Gasteiger partial charge in [-0.25, -0.2) is 0 Å². The van der Waals surface area contributed by atoms with E-state index in [9.17, 15) is 4.79 Å². The number of nitrogens with zero attached hydrogens (tertiary/aromatic N) is 2. The van der Waals surface area contributed by atoms with Crippen LogP contribution in [0.5, 0.6) is 0 Å². The van der Waals surface area contributed by atoms with Crippen molar-refractivity contribution in [3.63, 3.8) is 0 Å². The number of hydrogen-bond donors (Lipinski definition) is 2. The fraction of sp³-hybridized carbons (Fsp3) is 0.438. The van der Waals surface area contributed by atoms with Crippen LogP contribution in [0.2, 0.25) is 0 Å². The van der Waals surface area contributed by atoms with Gasteiger partial charge in [-0.15, -0.1) is 22.6 Å². The molecule has 1 aromatic carbocycles. The van der Waals surface area contributed by atoms with Gasteiger partial charge in [-0.1, -0.05) is 29.5 Å². The number of anilines is 1. The van der Waals surface area contributed by atoms with Gasteiger partial charge in [0, 0.05) is 5.69 Å². The zero-order chi connectivity index (χ0) is 17.5. The molecule has 1 atom stereocenters. The second-order valence-corrected chi connectivity index (χ2v) is 7.36. The Morgan fingerprint density at radius 3 is 2.80 bits per heavy atom. The van der Waals surface area contributed by atoms with Crippen LogP contribution in [0.4, 0.5) is 5.69 Å². The molecule has 0 spiro atoms. The van der Waals surface area contributed by atoms with Crippen LogP contribution in [0.1, 0.15) is 29.5 Å². The molecule has 9 heteroatoms. The molecular weight excluding hydrogens is 380 g/mol. The Morgan fingerprint density at radius 2 is 2.12 bits per heavy atom. The highest BCUT2D eigenvalue weighted by Gasteiger charge is 2.15. The van der Waals surface area contributed by atoms with Crippen LogP contribution in [0.25, 0.3) is 0 Å². The van der Waals surface area contributed by atoms with Gasteiger partial charge in [0.1, 0.15) is 0 Å². The Bertz CT molecular complexity index is 697. The van der Waals surface area contributed by atoms with E-state index in [1.54, 1.807) is 11.8 Å². The van der Waals surface area contributed by atoms with E-state index in [4.69, 9.17) is 10.2 Å². The van der Waals surface area contributed by atoms with Gasteiger partial charge in [-0.2, -0.15) is 11.8 Å². The highest BCUT2D eigenvalue weighted by atomic mass is 35.5. The molecule has 0 saturated carbocycles. The predicted molar refractivity (Wildman–Crippen MR) is 107 cm³/mol. The van der Waals surface area contributed by atoms with Crippen LogP contribution in [-0.2, 0) is 4.79 Å². The highest BCUT2D eigenvalue weighted by molar-refractivity contribution is 7.99. The summed E-state index contributed by atoms with van der Waals surface area (Å²) in [4.78, 5) is 12.1. The monoisotopic (exact) mass is 402 g/mol. The molecule has 0 radical (unpaired) electrons. The van der Waals surface area contributed by atoms with E-state index in [0.717, 1.165) is 29.0 Å². The third-order valence-electron chi connectivity index (χ3n) is 3.36. The van der Waals surface area contributed by atoms with Crippen LogP contribution in [0.15, 0.2) is 27.8 Å². The summed E-state index contributed by atoms with van der Waals surface area (Å²) in [7, 11) is 0. The number of aromatic nitrogens is 2. The van der Waals surface area contributed by atoms with Gasteiger partial charge in [-0.3, -0.25) is 4.79 Å². The number of rotatable bonds is 8. The molecule has 2 aromatic rings. The Labute approximate surface area is 162 Å². The summed E-state index contributed by atoms with van der Waals surface area (Å²) in [5.74, 6) is 1.44. The molecule has 138 valence electrons. The van der Waals surface area contributed by atoms with E-state index < -0.39 is 0 Å². The molecule has 1 unspecified atom stereocenters. The normalized spacial score (nSPS) is 11.7. The quantitative estimate of drug-likeness (QED) is 0.651. The van der Waals surface area contributed by atoms with Crippen molar-refractivity contribution in [3.05, 3.63) is 35.2 Å². The molecule has 0 aliphatic carbocycles. The van der Waals surface area contributed by atoms with E-state index in [2.05, 4.69) is 15.5 Å². The van der Waals surface area contributed by atoms with E-state index in [1.165, 1.54) is 11.8 Å². The van der Waals surface area contributed by atoms with Crippen molar-refractivity contribution in [2.24, 2.45) is 5.73 Å². The average molecular weight is 403 g/mol. The highest BCUT2D eigenvalue weighted by Crippen LogP contribution is 2.22. The van der Waals surface area contributed by atoms with Crippen molar-refractivity contribution in [3.8, 4) is 0 Å². The molecule has 0 aliphatic heterocycles. The fourth-order valence-corrected chi connectivity index (χ4v) is 3.12. The number of aryl methyl sites for hydroxylation is 2. The first kappa shape index (κ1) is 21.8. The van der Waals surface area contributed by atoms with Crippen LogP contribution in [0.3, 0.4) is 0 Å². The number of nitrogens with two attached hydrogens (primary N) is 1. The number of hydrogen-bond acceptors (Lipinski definition) is 7. The Balaban J connectivity index is 0.00000312. The smallest absolute Gasteiger partial charge is 0.277 e. The maximum Gasteiger partial charge on any atom is 0.277 e. The standard InChI is InChI=1S/C16H22N4O2S2.ClH/c1-10-4-5-13(11(2)8-10)18-14(21)9-24-16-20-19-15(22-16)12(17)6-7-23-3;/h4-5,8,12H,6-7,9,17H2,1-3H3,(H,18,21);1H. The molecule has 1 aromatic heterocycles. The first-order valence-electron chi connectivity index (χ1n) is 7.57. The summed E-state index contributed by atoms with van der Waals surface area (Å²) in [6.07, 6.45) is 2.80. The van der Waals surface area contributed by atoms with Gasteiger partial charge in [0.25, 0.3) is 5.22 Å². The summed E-state index contributed by atoms with van der Waals surface area (Å²) in [6.45, 7) is 3.99. The van der Waals surface area contributed by atoms with E-state index in [0.29, 0.717) is 11.1 Å². The molecule has 25 heavy (non-hydrogen) atoms. The van der Waals surface area contributed by atoms with Crippen molar-refractivity contribution in [2.75, 3.05) is 23.1 Å². The maximum absolute atomic E-state index is 12.1. The van der Waals surface area contributed by atoms with Gasteiger partial charge in [0.15, 0.2) is 0 Å². The fourth-order valence-electron chi connectivity index (χ4n) is 2.06. The van der Waals surface area contributed by atoms with Crippen molar-refractivity contribution in [1.29, 1.82) is 0 Å². The summed E-state index contributed by atoms with van der Waals surface area (Å²) >= 11 is 2.93. The molecular formula is C16H23ClN4O2S2. The summed E-state index contributed by atoms with van der Waals surface area (Å²) in [5.41, 5.74) is 9.00. The van der Waals surface area contributed by atoms with E-state index in [-0.39, 0.29) is 30.1 Å². The van der Waals surface area contributed by atoms with Gasteiger partial charge < -0.3 is 15.5 Å². The van der Waals surface area contributed by atoms with Gasteiger partial charge in [-0.05, 0) is 43.9 Å². The largest absolute Gasteiger partial charge is 0.414 e. The Morgan fingerprint density at radius 1 is 1.36 bits per heavy atom. The molecule has 0 aliphatic rings. The first-order chi connectivity index (χ1) is 11.5. The maximum atomic E-state index is 12.1. The predicted octanol–water partition coefficient (Wildman–Crippen LogP) is 3.59. The van der Waals surface area contributed by atoms with Crippen LogP contribution in [-0.4, -0.2) is 33.9 Å². The number of amides is 1. The minimum Gasteiger partial charge on any atom is -0.414 e. The molecule has 1 amide bonds. The minimum atomic E-state index is -0.261. The number of thioether (sulfide) groups is 2. The zero-order valence-electron chi connectivity index (χ0n) is 14.4. The molecule has 6 nitrogen and oxygen atoms in total. The lowest BCUT2D eigenvalue weighted by Crippen LogP contribution is -2.14. The molecule has 0 saturated heterocycles. The van der Waals surface area contributed by atoms with E-state index >= 15 is 0 Å². The SMILES string of the molecule is CSCCC(N)c1nnc(SCC(=O)Nc2ccc(C)cc2C)o1.Cl. The number of benzene rings is 1. The zero-order valence-corrected chi connectivity index (χ0v) is 16.9. The van der Waals surface area contributed by atoms with E-state index in [1.807, 2.05) is 38.3 Å². The molecule has 1 heterocycles. The third-order valence-corrected chi connectivity index (χ3v) is 4.82. The van der Waals surface area contributed by atoms with Crippen molar-refractivity contribution in [2.45, 2.75) is 31.5 Å². The molecule has 0 bridgehead atoms. The first-order valence-corrected chi connectivity index (χ1v) is 9.95. The topological polar surface area (TPSA) is 94.0 Å². The second-order valence-electron chi connectivity index (χ2n) is 5.45. The number of carbonyl (C=O) groups is 1. The average Bonchev–Trinajstić information content (AvgIpc) is 3.02. The van der Waals surface area contributed by atoms with Crippen molar-refractivity contribution in [1.82, 2.24) is 10.2 Å². The summed E-state index contributed by atoms with van der Waals surface area (Å²) in [6, 6.07) is 5.64. The minimum absolute atomic E-state index is 0. The van der Waals surface area contributed by atoms with Crippen LogP contribution < -0.4 is 11.1 Å². The lowest BCUT2D eigenvalue weighted by atomic mass is 10.1. The lowest BCUT2D eigenvalue weighted by molar-refractivity contribution is -0.113. The van der Waals surface area contributed by atoms with Gasteiger partial charge >= 0.3 is 0 Å². The Kier molecular flexibility index (Phi) is 9.34. The summed E-state index contributed by atoms with van der Waals surface area (Å²) < 4.78 is 5.51. The van der Waals surface area contributed by atoms with Crippen LogP contribution >= 0.6 is 35.9 Å². The van der Waals surface area contributed by atoms with Gasteiger partial charge in [0.2, 0.25) is 11.8 Å². The number of nitrogens with one attached hydrogen (secondary N) is 1. The van der Waals surface area contributed by atoms with Crippen LogP contribution in [0, 0.1) is 13.8 Å². The van der Waals surface area contributed by atoms with Crippen molar-refractivity contribution < 1.29 is 9.21 Å².